The highest BCUT2D eigenvalue weighted by Gasteiger charge is 2.38. The van der Waals surface area contributed by atoms with Crippen molar-refractivity contribution in [3.8, 4) is 11.5 Å². The van der Waals surface area contributed by atoms with Crippen LogP contribution in [0.4, 0.5) is 5.95 Å². The van der Waals surface area contributed by atoms with Gasteiger partial charge in [-0.05, 0) is 143 Å². The standard InChI is InChI=1S/C20H33NO.C18H35NO.C13H10Cl2O2.C13H29N3.C11H19N3O.C3H6BrNO4.C2H4O2/c1-15(12-21-13-16(2)22-17(3)14-21)11-18-7-9-19(10-8-18)20(4,5)6;1-16-14-19(15-17(2)20-16)18-12-10-8-6-4-3-5-7-9-11-13-18;14-10-1-3-12(16)8(6-10)5-9-7-11(15)2-4-13(9)17;1-2-3-4-5-6-7-8-9-10-11-12-16-13(14)15;1-5-6-7-9-8(2)12-11(14(3)4)13-10(9)15;4-3(1-6,2-7)5(8)9;1-2(3)4/h7-10,15-17H,11-14H2,1-6H3;16-18H,3-15H2,1-2H3;1-4,6-7,16-17H,5H2;2-12H2,1H3,(H4,14,15,16);5-7H2,1-4H3,(H,12,13,15);6-7H,1-2H2;1H3,(H,3,4)/t15?,16-,17+;;;;;;. The molecule has 2 aliphatic heterocycles. The quantitative estimate of drug-likeness (QED) is 0.00582. The summed E-state index contributed by atoms with van der Waals surface area (Å²) in [4.78, 5) is 48.1. The van der Waals surface area contributed by atoms with Crippen molar-refractivity contribution >= 4 is 57.0 Å². The molecule has 0 bridgehead atoms. The number of carboxylic acid groups (broad SMARTS) is 1. The van der Waals surface area contributed by atoms with Gasteiger partial charge in [-0.25, -0.2) is 4.98 Å². The molecule has 3 aliphatic rings. The summed E-state index contributed by atoms with van der Waals surface area (Å²) in [6.07, 6.45) is 35.4. The second-order valence-electron chi connectivity index (χ2n) is 29.5. The summed E-state index contributed by atoms with van der Waals surface area (Å²) < 4.78 is 9.95. The Kier molecular flexibility index (Phi) is 50.7. The minimum Gasteiger partial charge on any atom is -0.508 e. The van der Waals surface area contributed by atoms with Crippen LogP contribution in [-0.2, 0) is 38.9 Å². The first-order valence-corrected chi connectivity index (χ1v) is 39.6. The number of benzene rings is 3. The number of aliphatic carboxylic acids is 1. The first-order chi connectivity index (χ1) is 48.7. The van der Waals surface area contributed by atoms with E-state index in [9.17, 15) is 25.1 Å². The minimum absolute atomic E-state index is 0.000324. The van der Waals surface area contributed by atoms with Crippen molar-refractivity contribution < 1.29 is 44.7 Å². The molecule has 5 atom stereocenters. The molecule has 2 saturated heterocycles. The number of aliphatic imine (C=N–C) groups is 1. The molecule has 103 heavy (non-hydrogen) atoms. The third-order valence-corrected chi connectivity index (χ3v) is 19.3. The Bertz CT molecular complexity index is 2920. The van der Waals surface area contributed by atoms with Gasteiger partial charge in [-0.15, -0.1) is 0 Å². The van der Waals surface area contributed by atoms with E-state index in [1.165, 1.54) is 158 Å². The van der Waals surface area contributed by atoms with Crippen LogP contribution in [0, 0.1) is 23.0 Å². The molecule has 7 rings (SSSR count). The molecule has 3 unspecified atom stereocenters. The number of aryl methyl sites for hydroxylation is 1. The number of hydrogen-bond donors (Lipinski definition) is 8. The normalized spacial score (nSPS) is 17.9. The fraction of sp³-hybridized carbons (Fsp3) is 0.700. The van der Waals surface area contributed by atoms with E-state index in [1.54, 1.807) is 29.2 Å². The number of phenolic OH excluding ortho intramolecular Hbond substituents is 2. The number of hydrogen-bond acceptors (Lipinski definition) is 15. The molecule has 3 fully saturated rings. The van der Waals surface area contributed by atoms with Crippen LogP contribution < -0.4 is 21.9 Å². The van der Waals surface area contributed by atoms with E-state index in [0.717, 1.165) is 89.1 Å². The van der Waals surface area contributed by atoms with Gasteiger partial charge < -0.3 is 51.4 Å². The average molecular weight is 1550 g/mol. The van der Waals surface area contributed by atoms with Gasteiger partial charge in [0.1, 0.15) is 24.7 Å². The van der Waals surface area contributed by atoms with Crippen LogP contribution in [0.1, 0.15) is 257 Å². The van der Waals surface area contributed by atoms with Crippen molar-refractivity contribution in [2.45, 2.75) is 290 Å². The number of nitrogens with zero attached hydrogens (tertiary/aromatic N) is 6. The molecule has 23 heteroatoms. The number of halogens is 3. The van der Waals surface area contributed by atoms with Crippen molar-refractivity contribution in [2.24, 2.45) is 22.4 Å². The molecule has 3 heterocycles. The van der Waals surface area contributed by atoms with Gasteiger partial charge in [-0.3, -0.25) is 39.5 Å². The number of aromatic amines is 1. The van der Waals surface area contributed by atoms with Crippen LogP contribution in [0.25, 0.3) is 0 Å². The number of anilines is 1. The van der Waals surface area contributed by atoms with Crippen molar-refractivity contribution in [2.75, 3.05) is 71.5 Å². The van der Waals surface area contributed by atoms with E-state index in [0.29, 0.717) is 63.9 Å². The molecule has 10 N–H and O–H groups in total. The van der Waals surface area contributed by atoms with Crippen LogP contribution in [0.2, 0.25) is 10.0 Å². The van der Waals surface area contributed by atoms with E-state index in [4.69, 9.17) is 64.3 Å². The first-order valence-electron chi connectivity index (χ1n) is 38.1. The van der Waals surface area contributed by atoms with Crippen LogP contribution >= 0.6 is 39.1 Å². The number of phenols is 2. The Morgan fingerprint density at radius 1 is 0.738 bits per heavy atom. The maximum Gasteiger partial charge on any atom is 0.319 e. The summed E-state index contributed by atoms with van der Waals surface area (Å²) in [5.41, 5.74) is 16.6. The number of aromatic nitrogens is 2. The molecule has 0 amide bonds. The molecule has 588 valence electrons. The van der Waals surface area contributed by atoms with Crippen LogP contribution in [-0.4, -0.2) is 164 Å². The van der Waals surface area contributed by atoms with Gasteiger partial charge >= 0.3 is 4.45 Å². The predicted octanol–water partition coefficient (Wildman–Crippen LogP) is 17.1. The largest absolute Gasteiger partial charge is 0.508 e. The summed E-state index contributed by atoms with van der Waals surface area (Å²) in [6.45, 7) is 30.3. The number of aliphatic hydroxyl groups excluding tert-OH is 2. The smallest absolute Gasteiger partial charge is 0.319 e. The Labute approximate surface area is 638 Å². The Morgan fingerprint density at radius 3 is 1.55 bits per heavy atom. The number of nitrogens with one attached hydrogen (secondary N) is 1. The zero-order chi connectivity index (χ0) is 77.5. The maximum absolute atomic E-state index is 11.7. The average Bonchev–Trinajstić information content (AvgIpc) is 0.853. The fourth-order valence-corrected chi connectivity index (χ4v) is 12.9. The lowest BCUT2D eigenvalue weighted by atomic mass is 9.86. The van der Waals surface area contributed by atoms with Crippen LogP contribution in [0.5, 0.6) is 11.5 Å². The van der Waals surface area contributed by atoms with Gasteiger partial charge in [0.15, 0.2) is 5.96 Å². The Balaban J connectivity index is 0.000000620. The molecular weight excluding hydrogens is 1410 g/mol. The van der Waals surface area contributed by atoms with Gasteiger partial charge in [-0.1, -0.05) is 211 Å². The maximum atomic E-state index is 11.7. The highest BCUT2D eigenvalue weighted by molar-refractivity contribution is 9.10. The molecular formula is C80H136BrCl2N9O11. The number of nitro groups is 1. The topological polar surface area (TPSA) is 300 Å². The van der Waals surface area contributed by atoms with Crippen molar-refractivity contribution in [3.63, 3.8) is 0 Å². The number of morpholine rings is 2. The molecule has 0 radical (unpaired) electrons. The second-order valence-corrected chi connectivity index (χ2v) is 31.9. The number of aliphatic hydroxyl groups is 2. The highest BCUT2D eigenvalue weighted by atomic mass is 79.9. The number of nitrogens with two attached hydrogens (primary N) is 2. The summed E-state index contributed by atoms with van der Waals surface area (Å²) >= 11 is 14.3. The second kappa shape index (κ2) is 54.5. The van der Waals surface area contributed by atoms with Crippen molar-refractivity contribution in [3.05, 3.63) is 125 Å². The molecule has 20 nitrogen and oxygen atoms in total. The molecule has 4 aromatic rings. The van der Waals surface area contributed by atoms with E-state index >= 15 is 0 Å². The third-order valence-electron chi connectivity index (χ3n) is 18.0. The number of aromatic hydroxyl groups is 2. The van der Waals surface area contributed by atoms with Crippen molar-refractivity contribution in [1.29, 1.82) is 0 Å². The number of H-pyrrole nitrogens is 1. The number of alkyl halides is 1. The van der Waals surface area contributed by atoms with E-state index in [2.05, 4.69) is 134 Å². The molecule has 1 saturated carbocycles. The minimum atomic E-state index is -1.77. The summed E-state index contributed by atoms with van der Waals surface area (Å²) in [5, 5.41) is 54.4. The lowest BCUT2D eigenvalue weighted by molar-refractivity contribution is -0.542. The third kappa shape index (κ3) is 44.6. The van der Waals surface area contributed by atoms with Gasteiger partial charge in [-0.2, -0.15) is 0 Å². The number of ether oxygens (including phenoxy) is 2. The molecule has 1 aromatic heterocycles. The Hall–Kier alpha value is -5.10. The van der Waals surface area contributed by atoms with E-state index in [-0.39, 0.29) is 28.4 Å². The zero-order valence-corrected chi connectivity index (χ0v) is 68.5. The summed E-state index contributed by atoms with van der Waals surface area (Å²) in [5.74, 6) is 0.981. The molecule has 0 spiro atoms. The van der Waals surface area contributed by atoms with Gasteiger partial charge in [0.05, 0.1) is 24.4 Å². The van der Waals surface area contributed by atoms with Gasteiger partial charge in [0.25, 0.3) is 11.5 Å². The highest BCUT2D eigenvalue weighted by Crippen LogP contribution is 2.30. The number of carbonyl (C=O) groups is 1. The predicted molar refractivity (Wildman–Crippen MR) is 431 cm³/mol. The van der Waals surface area contributed by atoms with Crippen molar-refractivity contribution in [1.82, 2.24) is 19.8 Å². The summed E-state index contributed by atoms with van der Waals surface area (Å²) in [6, 6.07) is 19.6. The monoisotopic (exact) mass is 1550 g/mol. The van der Waals surface area contributed by atoms with Gasteiger partial charge in [0, 0.05) is 115 Å². The van der Waals surface area contributed by atoms with E-state index < -0.39 is 28.6 Å². The van der Waals surface area contributed by atoms with Gasteiger partial charge in [0.2, 0.25) is 5.95 Å². The van der Waals surface area contributed by atoms with Crippen LogP contribution in [0.3, 0.4) is 0 Å². The Morgan fingerprint density at radius 2 is 1.17 bits per heavy atom. The van der Waals surface area contributed by atoms with E-state index in [1.807, 2.05) is 21.0 Å². The first kappa shape index (κ1) is 95.9. The number of rotatable bonds is 25. The summed E-state index contributed by atoms with van der Waals surface area (Å²) in [7, 11) is 3.73. The van der Waals surface area contributed by atoms with Crippen LogP contribution in [0.15, 0.2) is 70.5 Å². The molecule has 3 aromatic carbocycles. The lowest BCUT2D eigenvalue weighted by Gasteiger charge is -2.40. The fourth-order valence-electron chi connectivity index (χ4n) is 12.5. The number of guanidine groups is 1. The number of carboxylic acids is 1. The number of unbranched alkanes of at least 4 members (excludes halogenated alkanes) is 10. The lowest BCUT2D eigenvalue weighted by Crippen LogP contribution is -2.50. The SMILES string of the molecule is CC(=O)O.CC(Cc1ccc(C(C)(C)C)cc1)CN1C[C@@H](C)O[C@@H](C)C1.CC1CN(C2CCCCCCCCCCC2)CC(C)O1.CCCCCCCCCCCCN=C(N)N.CCCCc1c(C)nc(N(C)C)[nH]c1=O.O=[N+]([O-])C(Br)(CO)CO.Oc1ccc(Cl)cc1Cc1cc(Cl)ccc1O. The molecule has 1 aliphatic carbocycles. The zero-order valence-electron chi connectivity index (χ0n) is 65.4.